The van der Waals surface area contributed by atoms with Crippen LogP contribution < -0.4 is 4.74 Å². The molecular weight excluding hydrogens is 737 g/mol. The second-order valence-corrected chi connectivity index (χ2v) is 15.4. The van der Waals surface area contributed by atoms with Crippen LogP contribution in [0.5, 0.6) is 11.5 Å². The average Bonchev–Trinajstić information content (AvgIpc) is 3.24. The predicted molar refractivity (Wildman–Crippen MR) is 222 cm³/mol. The number of aliphatic hydroxyl groups is 2. The molecule has 2 aliphatic carbocycles. The van der Waals surface area contributed by atoms with E-state index < -0.39 is 23.8 Å². The van der Waals surface area contributed by atoms with Crippen LogP contribution in [0.1, 0.15) is 80.9 Å². The molecule has 6 rings (SSSR count). The molecule has 1 heterocycles. The molecule has 58 heavy (non-hydrogen) atoms. The monoisotopic (exact) mass is 796 g/mol. The first kappa shape index (κ1) is 42.9. The first-order valence-electron chi connectivity index (χ1n) is 20.9. The van der Waals surface area contributed by atoms with Crippen LogP contribution in [0.4, 0.5) is 4.79 Å². The summed E-state index contributed by atoms with van der Waals surface area (Å²) in [5.74, 6) is -1.28. The number of aromatic hydroxyl groups is 1. The number of unbranched alkanes of at least 4 members (excludes halogenated alkanes) is 2. The molecule has 3 aromatic carbocycles. The highest BCUT2D eigenvalue weighted by atomic mass is 16.7. The second-order valence-electron chi connectivity index (χ2n) is 15.4. The Morgan fingerprint density at radius 1 is 0.948 bits per heavy atom. The Labute approximate surface area is 342 Å². The van der Waals surface area contributed by atoms with Gasteiger partial charge in [0.2, 0.25) is 5.79 Å². The van der Waals surface area contributed by atoms with Gasteiger partial charge in [0.25, 0.3) is 0 Å². The van der Waals surface area contributed by atoms with Crippen molar-refractivity contribution in [3.63, 3.8) is 0 Å². The Balaban J connectivity index is 1.44. The molecule has 3 aromatic rings. The number of benzene rings is 3. The fraction of sp³-hybridized carbons (Fsp3) is 0.489. The van der Waals surface area contributed by atoms with Crippen molar-refractivity contribution in [3.8, 4) is 11.5 Å². The molecule has 6 atom stereocenters. The van der Waals surface area contributed by atoms with E-state index in [1.165, 1.54) is 0 Å². The van der Waals surface area contributed by atoms with E-state index in [9.17, 15) is 20.1 Å². The van der Waals surface area contributed by atoms with Crippen LogP contribution in [-0.2, 0) is 32.3 Å². The number of rotatable bonds is 22. The third-order valence-electron chi connectivity index (χ3n) is 11.5. The molecule has 312 valence electrons. The fourth-order valence-electron chi connectivity index (χ4n) is 9.07. The van der Waals surface area contributed by atoms with E-state index in [-0.39, 0.29) is 69.6 Å². The van der Waals surface area contributed by atoms with Crippen molar-refractivity contribution in [1.29, 1.82) is 0 Å². The first-order chi connectivity index (χ1) is 28.4. The summed E-state index contributed by atoms with van der Waals surface area (Å²) in [6.45, 7) is 7.67. The molecule has 1 amide bonds. The number of allylic oxidation sites excluding steroid dienone is 1. The van der Waals surface area contributed by atoms with Crippen molar-refractivity contribution in [2.45, 2.75) is 89.3 Å². The van der Waals surface area contributed by atoms with Gasteiger partial charge in [-0.15, -0.1) is 6.58 Å². The second kappa shape index (κ2) is 21.4. The van der Waals surface area contributed by atoms with Crippen molar-refractivity contribution in [2.75, 3.05) is 39.6 Å². The Hall–Kier alpha value is -4.68. The van der Waals surface area contributed by atoms with E-state index in [2.05, 4.69) is 12.7 Å². The van der Waals surface area contributed by atoms with E-state index in [1.807, 2.05) is 67.6 Å². The van der Waals surface area contributed by atoms with Crippen LogP contribution in [0.15, 0.2) is 108 Å². The molecule has 3 aliphatic rings. The normalized spacial score (nSPS) is 23.9. The Bertz CT molecular complexity index is 1820. The number of nitrogens with zero attached hydrogens (tertiary/aromatic N) is 2. The van der Waals surface area contributed by atoms with E-state index in [0.29, 0.717) is 43.9 Å². The van der Waals surface area contributed by atoms with E-state index >= 15 is 0 Å². The van der Waals surface area contributed by atoms with Crippen LogP contribution in [0, 0.1) is 17.8 Å². The molecule has 11 nitrogen and oxygen atoms in total. The predicted octanol–water partition coefficient (Wildman–Crippen LogP) is 8.29. The number of oxime groups is 1. The molecule has 1 saturated carbocycles. The summed E-state index contributed by atoms with van der Waals surface area (Å²) in [5, 5.41) is 35.5. The van der Waals surface area contributed by atoms with Crippen LogP contribution in [0.25, 0.3) is 0 Å². The number of carbonyl (C=O) groups is 1. The zero-order valence-corrected chi connectivity index (χ0v) is 33.8. The van der Waals surface area contributed by atoms with Gasteiger partial charge >= 0.3 is 6.09 Å². The highest BCUT2D eigenvalue weighted by Gasteiger charge is 2.65. The van der Waals surface area contributed by atoms with Crippen molar-refractivity contribution >= 4 is 11.8 Å². The third kappa shape index (κ3) is 10.1. The number of phenolic OH excluding ortho intramolecular Hbond substituents is 1. The smallest absolute Gasteiger partial charge is 0.410 e. The molecule has 0 bridgehead atoms. The van der Waals surface area contributed by atoms with Crippen LogP contribution in [0.3, 0.4) is 0 Å². The zero-order valence-electron chi connectivity index (χ0n) is 33.8. The molecule has 1 fully saturated rings. The number of amides is 1. The number of fused-ring (bicyclic) bond motifs is 2. The third-order valence-corrected chi connectivity index (χ3v) is 11.5. The van der Waals surface area contributed by atoms with E-state index in [4.69, 9.17) is 28.9 Å². The summed E-state index contributed by atoms with van der Waals surface area (Å²) in [7, 11) is 0. The molecule has 1 aliphatic heterocycles. The largest absolute Gasteiger partial charge is 0.508 e. The number of phenols is 1. The molecular formula is C47H60N2O9. The average molecular weight is 797 g/mol. The first-order valence-corrected chi connectivity index (χ1v) is 20.9. The summed E-state index contributed by atoms with van der Waals surface area (Å²) in [4.78, 5) is 22.3. The SMILES string of the molecule is C=CCO[C@@]12Oc3ccc(O)cc3[C@H]3[C@H](CCCCO)[C@@H](CCCCO)C=C(C(=NOCc4ccccc4)C[C@@H]1N(CCC)C(=O)OCCOCc1ccccc1)[C@H]32. The summed E-state index contributed by atoms with van der Waals surface area (Å²) in [6.07, 6.45) is 8.97. The van der Waals surface area contributed by atoms with Crippen LogP contribution in [0.2, 0.25) is 0 Å². The number of carbonyl (C=O) groups excluding carboxylic acids is 1. The lowest BCUT2D eigenvalue weighted by Gasteiger charge is -2.59. The molecule has 0 saturated heterocycles. The minimum Gasteiger partial charge on any atom is -0.508 e. The van der Waals surface area contributed by atoms with Crippen LogP contribution in [-0.4, -0.2) is 83.4 Å². The van der Waals surface area contributed by atoms with Crippen molar-refractivity contribution in [1.82, 2.24) is 4.90 Å². The van der Waals surface area contributed by atoms with Gasteiger partial charge in [-0.2, -0.15) is 0 Å². The lowest BCUT2D eigenvalue weighted by atomic mass is 9.55. The quantitative estimate of drug-likeness (QED) is 0.0521. The van der Waals surface area contributed by atoms with Gasteiger partial charge in [-0.25, -0.2) is 4.79 Å². The number of hydrogen-bond acceptors (Lipinski definition) is 10. The van der Waals surface area contributed by atoms with Gasteiger partial charge in [-0.1, -0.05) is 97.7 Å². The summed E-state index contributed by atoms with van der Waals surface area (Å²) in [5.41, 5.74) is 4.49. The van der Waals surface area contributed by atoms with Gasteiger partial charge in [0.15, 0.2) is 0 Å². The highest BCUT2D eigenvalue weighted by Crippen LogP contribution is 2.62. The van der Waals surface area contributed by atoms with Crippen molar-refractivity contribution in [2.24, 2.45) is 22.9 Å². The Morgan fingerprint density at radius 2 is 1.66 bits per heavy atom. The van der Waals surface area contributed by atoms with Crippen molar-refractivity contribution < 1.29 is 43.9 Å². The molecule has 0 unspecified atom stereocenters. The maximum absolute atomic E-state index is 14.4. The zero-order chi connectivity index (χ0) is 40.7. The Kier molecular flexibility index (Phi) is 15.8. The molecule has 0 radical (unpaired) electrons. The van der Waals surface area contributed by atoms with Gasteiger partial charge < -0.3 is 39.1 Å². The summed E-state index contributed by atoms with van der Waals surface area (Å²) >= 11 is 0. The van der Waals surface area contributed by atoms with Crippen LogP contribution >= 0.6 is 0 Å². The Morgan fingerprint density at radius 3 is 2.34 bits per heavy atom. The molecule has 0 aromatic heterocycles. The maximum atomic E-state index is 14.4. The van der Waals surface area contributed by atoms with Gasteiger partial charge in [0.1, 0.15) is 30.8 Å². The lowest BCUT2D eigenvalue weighted by Crippen LogP contribution is -2.70. The number of hydrogen-bond donors (Lipinski definition) is 3. The van der Waals surface area contributed by atoms with Gasteiger partial charge in [-0.3, -0.25) is 4.90 Å². The number of ether oxygens (including phenoxy) is 4. The summed E-state index contributed by atoms with van der Waals surface area (Å²) in [6, 6.07) is 24.2. The van der Waals surface area contributed by atoms with Crippen molar-refractivity contribution in [3.05, 3.63) is 120 Å². The van der Waals surface area contributed by atoms with E-state index in [0.717, 1.165) is 47.9 Å². The fourth-order valence-corrected chi connectivity index (χ4v) is 9.07. The van der Waals surface area contributed by atoms with Gasteiger partial charge in [0, 0.05) is 37.7 Å². The topological polar surface area (TPSA) is 140 Å². The number of aliphatic hydroxyl groups excluding tert-OH is 2. The molecule has 11 heteroatoms. The molecule has 0 spiro atoms. The highest BCUT2D eigenvalue weighted by molar-refractivity contribution is 6.03. The lowest BCUT2D eigenvalue weighted by molar-refractivity contribution is -0.255. The maximum Gasteiger partial charge on any atom is 0.410 e. The van der Waals surface area contributed by atoms with Gasteiger partial charge in [0.05, 0.1) is 31.5 Å². The standard InChI is InChI=1S/C47H60N2O9/c1-3-23-49(46(53)55-28-27-54-32-34-15-7-5-8-16-34)43-31-41(48-57-33-35-17-9-6-10-18-35)39-29-36(19-11-13-24-50)38(20-12-14-25-51)44-40-30-37(52)21-22-42(40)58-47(43,45(39)44)56-26-4-2/h4-10,15-18,21-22,29-30,36,38,43-45,50-52H,2-3,11-14,19-20,23-28,31-33H2,1H3/t36-,38+,43-,44+,45+,47+/m0/s1. The van der Waals surface area contributed by atoms with E-state index in [1.54, 1.807) is 29.2 Å². The van der Waals surface area contributed by atoms with Gasteiger partial charge in [-0.05, 0) is 78.8 Å². The minimum atomic E-state index is -1.41. The summed E-state index contributed by atoms with van der Waals surface area (Å²) < 4.78 is 26.0. The minimum absolute atomic E-state index is 0.0497. The molecule has 3 N–H and O–H groups in total.